The Morgan fingerprint density at radius 2 is 1.88 bits per heavy atom. The number of nitrogens with one attached hydrogen (secondary N) is 1. The van der Waals surface area contributed by atoms with Gasteiger partial charge in [0.25, 0.3) is 0 Å². The Balaban J connectivity index is 0.000000968. The molecule has 3 aromatic rings. The van der Waals surface area contributed by atoms with Crippen molar-refractivity contribution in [2.24, 2.45) is 0 Å². The third kappa shape index (κ3) is 6.51. The summed E-state index contributed by atoms with van der Waals surface area (Å²) in [5.41, 5.74) is 3.83. The Morgan fingerprint density at radius 3 is 2.55 bits per heavy atom. The highest BCUT2D eigenvalue weighted by molar-refractivity contribution is 8.00. The van der Waals surface area contributed by atoms with Crippen LogP contribution in [0.3, 0.4) is 0 Å². The predicted molar refractivity (Wildman–Crippen MR) is 139 cm³/mol. The minimum atomic E-state index is -0.302. The van der Waals surface area contributed by atoms with Crippen molar-refractivity contribution in [3.05, 3.63) is 53.1 Å². The quantitative estimate of drug-likeness (QED) is 0.470. The molecule has 1 amide bonds. The molecular formula is C25H33ClN4O2S. The van der Waals surface area contributed by atoms with Gasteiger partial charge in [-0.3, -0.25) is 4.79 Å². The molecular weight excluding hydrogens is 456 g/mol. The molecule has 2 heterocycles. The number of fused-ring (bicyclic) bond motifs is 1. The van der Waals surface area contributed by atoms with Crippen LogP contribution in [0.5, 0.6) is 0 Å². The van der Waals surface area contributed by atoms with E-state index in [1.807, 2.05) is 44.2 Å². The van der Waals surface area contributed by atoms with Gasteiger partial charge in [0, 0.05) is 20.3 Å². The van der Waals surface area contributed by atoms with E-state index in [-0.39, 0.29) is 11.2 Å². The highest BCUT2D eigenvalue weighted by Crippen LogP contribution is 2.35. The molecule has 0 saturated carbocycles. The number of thioether (sulfide) groups is 1. The fraction of sp³-hybridized carbons (Fsp3) is 0.440. The largest absolute Gasteiger partial charge is 0.388 e. The molecule has 1 atom stereocenters. The molecule has 178 valence electrons. The van der Waals surface area contributed by atoms with Gasteiger partial charge in [0.1, 0.15) is 0 Å². The highest BCUT2D eigenvalue weighted by atomic mass is 35.5. The summed E-state index contributed by atoms with van der Waals surface area (Å²) in [6.07, 6.45) is 2.17. The lowest BCUT2D eigenvalue weighted by atomic mass is 10.1. The molecule has 4 rings (SSSR count). The molecule has 6 nitrogen and oxygen atoms in total. The number of benzene rings is 2. The number of anilines is 1. The lowest BCUT2D eigenvalue weighted by molar-refractivity contribution is -0.115. The van der Waals surface area contributed by atoms with E-state index in [0.29, 0.717) is 16.8 Å². The van der Waals surface area contributed by atoms with E-state index in [1.54, 1.807) is 14.2 Å². The zero-order valence-electron chi connectivity index (χ0n) is 20.0. The number of piperidine rings is 1. The zero-order valence-corrected chi connectivity index (χ0v) is 21.5. The van der Waals surface area contributed by atoms with Crippen molar-refractivity contribution >= 4 is 46.0 Å². The van der Waals surface area contributed by atoms with Crippen molar-refractivity contribution in [2.45, 2.75) is 43.1 Å². The van der Waals surface area contributed by atoms with Crippen LogP contribution in [0.15, 0.2) is 47.6 Å². The number of carbonyl (C=O) groups is 1. The van der Waals surface area contributed by atoms with Gasteiger partial charge in [-0.15, -0.1) is 0 Å². The van der Waals surface area contributed by atoms with E-state index in [2.05, 4.69) is 38.7 Å². The Bertz CT molecular complexity index is 1080. The van der Waals surface area contributed by atoms with E-state index < -0.39 is 0 Å². The number of para-hydroxylation sites is 2. The summed E-state index contributed by atoms with van der Waals surface area (Å²) in [7, 11) is 5.42. The van der Waals surface area contributed by atoms with Gasteiger partial charge in [-0.05, 0) is 76.7 Å². The van der Waals surface area contributed by atoms with Crippen LogP contribution >= 0.6 is 23.4 Å². The summed E-state index contributed by atoms with van der Waals surface area (Å²) in [6, 6.07) is 14.3. The number of methoxy groups -OCH3 is 1. The number of halogens is 1. The normalized spacial score (nSPS) is 15.7. The van der Waals surface area contributed by atoms with Crippen LogP contribution in [0.25, 0.3) is 11.0 Å². The Morgan fingerprint density at radius 1 is 1.21 bits per heavy atom. The number of hydrogen-bond donors (Lipinski definition) is 1. The third-order valence-electron chi connectivity index (χ3n) is 5.65. The van der Waals surface area contributed by atoms with Gasteiger partial charge in [0.2, 0.25) is 5.91 Å². The molecule has 8 heteroatoms. The van der Waals surface area contributed by atoms with Crippen LogP contribution in [-0.2, 0) is 9.53 Å². The molecule has 1 unspecified atom stereocenters. The van der Waals surface area contributed by atoms with Crippen molar-refractivity contribution < 1.29 is 9.53 Å². The molecule has 1 aliphatic rings. The van der Waals surface area contributed by atoms with Gasteiger partial charge in [0.05, 0.1) is 27.0 Å². The lowest BCUT2D eigenvalue weighted by Crippen LogP contribution is -2.32. The average molecular weight is 489 g/mol. The number of imidazole rings is 1. The van der Waals surface area contributed by atoms with Crippen LogP contribution in [0.4, 0.5) is 5.69 Å². The zero-order chi connectivity index (χ0) is 24.0. The number of aromatic nitrogens is 2. The smallest absolute Gasteiger partial charge is 0.237 e. The topological polar surface area (TPSA) is 59.4 Å². The van der Waals surface area contributed by atoms with Crippen molar-refractivity contribution in [1.29, 1.82) is 0 Å². The summed E-state index contributed by atoms with van der Waals surface area (Å²) >= 11 is 7.80. The van der Waals surface area contributed by atoms with Gasteiger partial charge in [-0.2, -0.15) is 0 Å². The highest BCUT2D eigenvalue weighted by Gasteiger charge is 2.26. The summed E-state index contributed by atoms with van der Waals surface area (Å²) in [4.78, 5) is 20.1. The van der Waals surface area contributed by atoms with Crippen LogP contribution in [0.2, 0.25) is 5.02 Å². The Labute approximate surface area is 205 Å². The van der Waals surface area contributed by atoms with Crippen LogP contribution in [0, 0.1) is 6.92 Å². The van der Waals surface area contributed by atoms with Crippen molar-refractivity contribution in [3.8, 4) is 0 Å². The number of rotatable bonds is 5. The van der Waals surface area contributed by atoms with Crippen molar-refractivity contribution in [2.75, 3.05) is 39.7 Å². The monoisotopic (exact) mass is 488 g/mol. The van der Waals surface area contributed by atoms with Gasteiger partial charge in [-0.1, -0.05) is 41.6 Å². The minimum absolute atomic E-state index is 0.0762. The minimum Gasteiger partial charge on any atom is -0.388 e. The summed E-state index contributed by atoms with van der Waals surface area (Å²) < 4.78 is 6.59. The maximum atomic E-state index is 12.9. The molecule has 1 N–H and O–H groups in total. The predicted octanol–water partition coefficient (Wildman–Crippen LogP) is 5.65. The van der Waals surface area contributed by atoms with Gasteiger partial charge in [0.15, 0.2) is 5.16 Å². The van der Waals surface area contributed by atoms with E-state index in [4.69, 9.17) is 16.6 Å². The maximum absolute atomic E-state index is 12.9. The fourth-order valence-electron chi connectivity index (χ4n) is 3.88. The second-order valence-corrected chi connectivity index (χ2v) is 10.1. The SMILES string of the molecule is COC.Cc1ccc(NC(=O)C(C)Sc2nc3ccccc3n2C2CCN(C)CC2)c(Cl)c1. The van der Waals surface area contributed by atoms with Gasteiger partial charge < -0.3 is 19.5 Å². The number of amides is 1. The van der Waals surface area contributed by atoms with Gasteiger partial charge >= 0.3 is 0 Å². The van der Waals surface area contributed by atoms with E-state index in [9.17, 15) is 4.79 Å². The first kappa shape index (κ1) is 25.6. The molecule has 1 aromatic heterocycles. The van der Waals surface area contributed by atoms with E-state index in [0.717, 1.165) is 47.7 Å². The van der Waals surface area contributed by atoms with Crippen LogP contribution in [0.1, 0.15) is 31.4 Å². The molecule has 0 spiro atoms. The van der Waals surface area contributed by atoms with Crippen molar-refractivity contribution in [1.82, 2.24) is 14.5 Å². The molecule has 2 aromatic carbocycles. The van der Waals surface area contributed by atoms with Crippen molar-refractivity contribution in [3.63, 3.8) is 0 Å². The molecule has 1 fully saturated rings. The summed E-state index contributed by atoms with van der Waals surface area (Å²) in [6.45, 7) is 6.04. The summed E-state index contributed by atoms with van der Waals surface area (Å²) in [5, 5.41) is 4.12. The molecule has 0 radical (unpaired) electrons. The molecule has 1 saturated heterocycles. The van der Waals surface area contributed by atoms with Crippen LogP contribution < -0.4 is 5.32 Å². The first-order valence-electron chi connectivity index (χ1n) is 11.1. The van der Waals surface area contributed by atoms with E-state index in [1.165, 1.54) is 11.8 Å². The number of aryl methyl sites for hydroxylation is 1. The number of ether oxygens (including phenoxy) is 1. The number of hydrogen-bond acceptors (Lipinski definition) is 5. The number of likely N-dealkylation sites (tertiary alicyclic amines) is 1. The Hall–Kier alpha value is -2.06. The molecule has 0 aliphatic carbocycles. The van der Waals surface area contributed by atoms with Gasteiger partial charge in [-0.25, -0.2) is 4.98 Å². The molecule has 1 aliphatic heterocycles. The number of carbonyl (C=O) groups excluding carboxylic acids is 1. The second-order valence-electron chi connectivity index (χ2n) is 8.43. The third-order valence-corrected chi connectivity index (χ3v) is 7.03. The molecule has 0 bridgehead atoms. The standard InChI is InChI=1S/C23H27ClN4OS.C2H6O/c1-15-8-9-19(18(24)14-15)25-22(29)16(2)30-23-26-20-6-4-5-7-21(20)28(23)17-10-12-27(3)13-11-17;1-3-2/h4-9,14,16-17H,10-13H2,1-3H3,(H,25,29);1-2H3. The first-order valence-corrected chi connectivity index (χ1v) is 12.4. The maximum Gasteiger partial charge on any atom is 0.237 e. The second kappa shape index (κ2) is 11.9. The first-order chi connectivity index (χ1) is 15.8. The summed E-state index contributed by atoms with van der Waals surface area (Å²) in [5.74, 6) is -0.0762. The Kier molecular flexibility index (Phi) is 9.20. The van der Waals surface area contributed by atoms with Crippen LogP contribution in [-0.4, -0.2) is 60.0 Å². The fourth-order valence-corrected chi connectivity index (χ4v) is 5.16. The lowest BCUT2D eigenvalue weighted by Gasteiger charge is -2.31. The number of nitrogens with zero attached hydrogens (tertiary/aromatic N) is 3. The average Bonchev–Trinajstić information content (AvgIpc) is 3.14. The molecule has 33 heavy (non-hydrogen) atoms. The van der Waals surface area contributed by atoms with E-state index >= 15 is 0 Å².